The predicted molar refractivity (Wildman–Crippen MR) is 68.5 cm³/mol. The molecule has 0 spiro atoms. The Labute approximate surface area is 101 Å². The second-order valence-corrected chi connectivity index (χ2v) is 5.17. The van der Waals surface area contributed by atoms with Gasteiger partial charge >= 0.3 is 0 Å². The molecule has 0 aromatic heterocycles. The second kappa shape index (κ2) is 6.79. The number of benzene rings is 1. The van der Waals surface area contributed by atoms with Crippen LogP contribution in [0.3, 0.4) is 0 Å². The van der Waals surface area contributed by atoms with Crippen LogP contribution < -0.4 is 5.32 Å². The van der Waals surface area contributed by atoms with E-state index in [1.54, 1.807) is 11.8 Å². The first-order chi connectivity index (χ1) is 7.22. The fraction of sp³-hybridized carbons (Fsp3) is 0.333. The van der Waals surface area contributed by atoms with Gasteiger partial charge in [-0.15, -0.1) is 18.2 Å². The third kappa shape index (κ3) is 5.13. The topological polar surface area (TPSA) is 12.0 Å². The average molecular weight is 240 g/mol. The first-order valence-electron chi connectivity index (χ1n) is 4.79. The molecular formula is C12H14ClNS. The minimum absolute atomic E-state index is 0.483. The number of halogens is 1. The van der Waals surface area contributed by atoms with Crippen LogP contribution in [0.15, 0.2) is 29.2 Å². The standard InChI is InChI=1S/C12H14ClNS/c1-3-7-14-9-10(2)15-12-6-4-5-11(13)8-12/h1,4-6,8,10,14H,7,9H2,2H3. The quantitative estimate of drug-likeness (QED) is 0.482. The number of terminal acetylenes is 1. The van der Waals surface area contributed by atoms with E-state index in [0.717, 1.165) is 11.6 Å². The lowest BCUT2D eigenvalue weighted by atomic mass is 10.4. The van der Waals surface area contributed by atoms with Gasteiger partial charge in [0, 0.05) is 21.7 Å². The Hall–Kier alpha value is -0.620. The van der Waals surface area contributed by atoms with Gasteiger partial charge in [-0.2, -0.15) is 0 Å². The van der Waals surface area contributed by atoms with Crippen LogP contribution in [0.1, 0.15) is 6.92 Å². The minimum atomic E-state index is 0.483. The summed E-state index contributed by atoms with van der Waals surface area (Å²) in [5.74, 6) is 2.55. The summed E-state index contributed by atoms with van der Waals surface area (Å²) in [6.07, 6.45) is 5.15. The molecule has 0 amide bonds. The highest BCUT2D eigenvalue weighted by Gasteiger charge is 2.03. The minimum Gasteiger partial charge on any atom is -0.305 e. The first-order valence-corrected chi connectivity index (χ1v) is 6.04. The number of hydrogen-bond acceptors (Lipinski definition) is 2. The van der Waals surface area contributed by atoms with Crippen molar-refractivity contribution in [3.8, 4) is 12.3 Å². The molecule has 3 heteroatoms. The number of hydrogen-bond donors (Lipinski definition) is 1. The van der Waals surface area contributed by atoms with Crippen molar-refractivity contribution in [2.24, 2.45) is 0 Å². The van der Waals surface area contributed by atoms with Crippen LogP contribution in [0.4, 0.5) is 0 Å². The lowest BCUT2D eigenvalue weighted by Gasteiger charge is -2.11. The molecule has 1 aromatic carbocycles. The zero-order chi connectivity index (χ0) is 11.1. The highest BCUT2D eigenvalue weighted by Crippen LogP contribution is 2.25. The van der Waals surface area contributed by atoms with Crippen LogP contribution in [0.25, 0.3) is 0 Å². The van der Waals surface area contributed by atoms with Gasteiger partial charge in [0.05, 0.1) is 6.54 Å². The molecular weight excluding hydrogens is 226 g/mol. The molecule has 1 N–H and O–H groups in total. The van der Waals surface area contributed by atoms with E-state index in [9.17, 15) is 0 Å². The van der Waals surface area contributed by atoms with E-state index in [2.05, 4.69) is 24.2 Å². The van der Waals surface area contributed by atoms with E-state index >= 15 is 0 Å². The number of thioether (sulfide) groups is 1. The van der Waals surface area contributed by atoms with E-state index in [4.69, 9.17) is 18.0 Å². The lowest BCUT2D eigenvalue weighted by molar-refractivity contribution is 0.748. The zero-order valence-corrected chi connectivity index (χ0v) is 10.2. The molecule has 0 aliphatic rings. The van der Waals surface area contributed by atoms with Crippen molar-refractivity contribution in [2.75, 3.05) is 13.1 Å². The highest BCUT2D eigenvalue weighted by atomic mass is 35.5. The Morgan fingerprint density at radius 3 is 3.07 bits per heavy atom. The predicted octanol–water partition coefficient (Wildman–Crippen LogP) is 3.04. The SMILES string of the molecule is C#CCNCC(C)Sc1cccc(Cl)c1. The molecule has 1 aromatic rings. The number of rotatable bonds is 5. The van der Waals surface area contributed by atoms with E-state index in [0.29, 0.717) is 11.8 Å². The van der Waals surface area contributed by atoms with Gasteiger partial charge < -0.3 is 5.32 Å². The van der Waals surface area contributed by atoms with Crippen molar-refractivity contribution in [1.82, 2.24) is 5.32 Å². The van der Waals surface area contributed by atoms with Gasteiger partial charge in [0.1, 0.15) is 0 Å². The summed E-state index contributed by atoms with van der Waals surface area (Å²) >= 11 is 7.69. The Morgan fingerprint density at radius 1 is 1.60 bits per heavy atom. The molecule has 1 nitrogen and oxygen atoms in total. The monoisotopic (exact) mass is 239 g/mol. The fourth-order valence-electron chi connectivity index (χ4n) is 1.16. The van der Waals surface area contributed by atoms with Crippen LogP contribution in [-0.4, -0.2) is 18.3 Å². The summed E-state index contributed by atoms with van der Waals surface area (Å²) in [5.41, 5.74) is 0. The van der Waals surface area contributed by atoms with Crippen LogP contribution in [0, 0.1) is 12.3 Å². The van der Waals surface area contributed by atoms with Crippen molar-refractivity contribution in [2.45, 2.75) is 17.1 Å². The maximum Gasteiger partial charge on any atom is 0.0574 e. The van der Waals surface area contributed by atoms with Gasteiger partial charge in [-0.1, -0.05) is 30.5 Å². The normalized spacial score (nSPS) is 12.1. The highest BCUT2D eigenvalue weighted by molar-refractivity contribution is 8.00. The maximum absolute atomic E-state index is 5.90. The van der Waals surface area contributed by atoms with Crippen molar-refractivity contribution in [3.63, 3.8) is 0 Å². The summed E-state index contributed by atoms with van der Waals surface area (Å²) in [4.78, 5) is 1.19. The van der Waals surface area contributed by atoms with Gasteiger partial charge in [-0.25, -0.2) is 0 Å². The van der Waals surface area contributed by atoms with Gasteiger partial charge in [0.15, 0.2) is 0 Å². The van der Waals surface area contributed by atoms with E-state index in [-0.39, 0.29) is 0 Å². The van der Waals surface area contributed by atoms with Crippen molar-refractivity contribution >= 4 is 23.4 Å². The molecule has 1 atom stereocenters. The molecule has 0 fully saturated rings. The van der Waals surface area contributed by atoms with Crippen molar-refractivity contribution in [3.05, 3.63) is 29.3 Å². The molecule has 1 unspecified atom stereocenters. The van der Waals surface area contributed by atoms with Gasteiger partial charge in [0.2, 0.25) is 0 Å². The lowest BCUT2D eigenvalue weighted by Crippen LogP contribution is -2.22. The molecule has 80 valence electrons. The molecule has 0 aliphatic heterocycles. The molecule has 0 radical (unpaired) electrons. The Balaban J connectivity index is 2.38. The second-order valence-electron chi connectivity index (χ2n) is 3.22. The smallest absolute Gasteiger partial charge is 0.0574 e. The largest absolute Gasteiger partial charge is 0.305 e. The van der Waals surface area contributed by atoms with Gasteiger partial charge in [0.25, 0.3) is 0 Å². The summed E-state index contributed by atoms with van der Waals surface area (Å²) in [7, 11) is 0. The van der Waals surface area contributed by atoms with Crippen molar-refractivity contribution < 1.29 is 0 Å². The van der Waals surface area contributed by atoms with E-state index in [1.165, 1.54) is 4.90 Å². The molecule has 0 bridgehead atoms. The van der Waals surface area contributed by atoms with Crippen LogP contribution in [-0.2, 0) is 0 Å². The average Bonchev–Trinajstić information content (AvgIpc) is 2.18. The van der Waals surface area contributed by atoms with Gasteiger partial charge in [-0.05, 0) is 18.2 Å². The molecule has 0 aliphatic carbocycles. The summed E-state index contributed by atoms with van der Waals surface area (Å²) in [6, 6.07) is 7.89. The zero-order valence-electron chi connectivity index (χ0n) is 8.66. The first kappa shape index (κ1) is 12.4. The summed E-state index contributed by atoms with van der Waals surface area (Å²) in [5, 5.41) is 4.44. The molecule has 15 heavy (non-hydrogen) atoms. The maximum atomic E-state index is 5.90. The van der Waals surface area contributed by atoms with Crippen LogP contribution in [0.2, 0.25) is 5.02 Å². The third-order valence-corrected chi connectivity index (χ3v) is 3.12. The fourth-order valence-corrected chi connectivity index (χ4v) is 2.43. The molecule has 0 saturated carbocycles. The van der Waals surface area contributed by atoms with E-state index < -0.39 is 0 Å². The van der Waals surface area contributed by atoms with Crippen LogP contribution in [0.5, 0.6) is 0 Å². The Bertz CT molecular complexity index is 346. The van der Waals surface area contributed by atoms with Crippen molar-refractivity contribution in [1.29, 1.82) is 0 Å². The van der Waals surface area contributed by atoms with Gasteiger partial charge in [-0.3, -0.25) is 0 Å². The molecule has 0 saturated heterocycles. The Morgan fingerprint density at radius 2 is 2.40 bits per heavy atom. The summed E-state index contributed by atoms with van der Waals surface area (Å²) < 4.78 is 0. The molecule has 1 rings (SSSR count). The number of nitrogens with one attached hydrogen (secondary N) is 1. The van der Waals surface area contributed by atoms with Crippen LogP contribution >= 0.6 is 23.4 Å². The Kier molecular flexibility index (Phi) is 5.63. The molecule has 0 heterocycles. The summed E-state index contributed by atoms with van der Waals surface area (Å²) in [6.45, 7) is 3.69. The van der Waals surface area contributed by atoms with E-state index in [1.807, 2.05) is 18.2 Å². The third-order valence-electron chi connectivity index (χ3n) is 1.79.